The quantitative estimate of drug-likeness (QED) is 0.201. The standard InChI is InChI=1S/C42H27N3O/c1-2-8-35(9-3-1)45-39-11-5-4-10-36(39)37-25-32(21-23-40(37)45)33-20-22-38-41(26-33)46-42(44-38)31-18-16-29(17-19-31)28-12-14-30(15-13-28)34-7-6-24-43-27-34/h1-27H. The molecule has 4 nitrogen and oxygen atoms in total. The number of oxazole rings is 1. The molecule has 46 heavy (non-hydrogen) atoms. The van der Waals surface area contributed by atoms with Crippen LogP contribution in [0.15, 0.2) is 168 Å². The van der Waals surface area contributed by atoms with Gasteiger partial charge in [0.05, 0.1) is 11.0 Å². The van der Waals surface area contributed by atoms with E-state index < -0.39 is 0 Å². The smallest absolute Gasteiger partial charge is 0.227 e. The van der Waals surface area contributed by atoms with E-state index in [0.29, 0.717) is 5.89 Å². The largest absolute Gasteiger partial charge is 0.436 e. The highest BCUT2D eigenvalue weighted by Gasteiger charge is 2.14. The van der Waals surface area contributed by atoms with Gasteiger partial charge in [-0.15, -0.1) is 0 Å². The van der Waals surface area contributed by atoms with Crippen molar-refractivity contribution < 1.29 is 4.42 Å². The van der Waals surface area contributed by atoms with Crippen molar-refractivity contribution in [3.8, 4) is 50.5 Å². The molecule has 0 aliphatic rings. The minimum Gasteiger partial charge on any atom is -0.436 e. The number of rotatable bonds is 5. The Morgan fingerprint density at radius 3 is 1.85 bits per heavy atom. The molecule has 3 heterocycles. The maximum atomic E-state index is 6.33. The lowest BCUT2D eigenvalue weighted by atomic mass is 10.0. The van der Waals surface area contributed by atoms with E-state index >= 15 is 0 Å². The first-order chi connectivity index (χ1) is 22.8. The van der Waals surface area contributed by atoms with E-state index in [1.54, 1.807) is 6.20 Å². The van der Waals surface area contributed by atoms with Crippen molar-refractivity contribution in [1.29, 1.82) is 0 Å². The third kappa shape index (κ3) is 4.47. The van der Waals surface area contributed by atoms with Gasteiger partial charge in [0.15, 0.2) is 5.58 Å². The maximum Gasteiger partial charge on any atom is 0.227 e. The Labute approximate surface area is 265 Å². The SMILES string of the molecule is c1ccc(-n2c3ccccc3c3cc(-c4ccc5nc(-c6ccc(-c7ccc(-c8cccnc8)cc7)cc6)oc5c4)ccc32)cc1. The number of para-hydroxylation sites is 2. The molecule has 0 amide bonds. The molecule has 0 unspecified atom stereocenters. The van der Waals surface area contributed by atoms with E-state index in [4.69, 9.17) is 9.40 Å². The number of hydrogen-bond acceptors (Lipinski definition) is 3. The molecule has 216 valence electrons. The summed E-state index contributed by atoms with van der Waals surface area (Å²) >= 11 is 0. The third-order valence-corrected chi connectivity index (χ3v) is 8.75. The van der Waals surface area contributed by atoms with Crippen LogP contribution in [0.3, 0.4) is 0 Å². The second kappa shape index (κ2) is 10.7. The topological polar surface area (TPSA) is 43.9 Å². The summed E-state index contributed by atoms with van der Waals surface area (Å²) in [5, 5.41) is 2.46. The van der Waals surface area contributed by atoms with Gasteiger partial charge < -0.3 is 8.98 Å². The fourth-order valence-electron chi connectivity index (χ4n) is 6.43. The summed E-state index contributed by atoms with van der Waals surface area (Å²) in [6.45, 7) is 0. The van der Waals surface area contributed by atoms with Crippen LogP contribution in [0, 0.1) is 0 Å². The van der Waals surface area contributed by atoms with Crippen molar-refractivity contribution in [2.45, 2.75) is 0 Å². The number of fused-ring (bicyclic) bond motifs is 4. The Morgan fingerprint density at radius 1 is 0.457 bits per heavy atom. The third-order valence-electron chi connectivity index (χ3n) is 8.75. The summed E-state index contributed by atoms with van der Waals surface area (Å²) in [5.41, 5.74) is 12.9. The number of aromatic nitrogens is 3. The summed E-state index contributed by atoms with van der Waals surface area (Å²) in [6.07, 6.45) is 3.68. The lowest BCUT2D eigenvalue weighted by Gasteiger charge is -2.08. The highest BCUT2D eigenvalue weighted by atomic mass is 16.3. The van der Waals surface area contributed by atoms with Crippen molar-refractivity contribution in [2.24, 2.45) is 0 Å². The number of benzene rings is 6. The molecule has 0 aliphatic heterocycles. The fourth-order valence-corrected chi connectivity index (χ4v) is 6.43. The first-order valence-corrected chi connectivity index (χ1v) is 15.4. The second-order valence-corrected chi connectivity index (χ2v) is 11.5. The van der Waals surface area contributed by atoms with Crippen LogP contribution in [0.5, 0.6) is 0 Å². The normalized spacial score (nSPS) is 11.5. The molecule has 0 bridgehead atoms. The fraction of sp³-hybridized carbons (Fsp3) is 0. The molecule has 0 fully saturated rings. The van der Waals surface area contributed by atoms with Crippen LogP contribution >= 0.6 is 0 Å². The summed E-state index contributed by atoms with van der Waals surface area (Å²) in [6, 6.07) is 53.1. The number of hydrogen-bond donors (Lipinski definition) is 0. The maximum absolute atomic E-state index is 6.33. The molecule has 0 saturated carbocycles. The van der Waals surface area contributed by atoms with Crippen LogP contribution in [-0.4, -0.2) is 14.5 Å². The average Bonchev–Trinajstić information content (AvgIpc) is 3.71. The molecule has 4 heteroatoms. The van der Waals surface area contributed by atoms with E-state index in [0.717, 1.165) is 55.7 Å². The molecule has 9 aromatic rings. The molecule has 0 aliphatic carbocycles. The van der Waals surface area contributed by atoms with Gasteiger partial charge in [-0.25, -0.2) is 4.98 Å². The van der Waals surface area contributed by atoms with Gasteiger partial charge in [0, 0.05) is 34.4 Å². The number of pyridine rings is 1. The monoisotopic (exact) mass is 589 g/mol. The zero-order chi connectivity index (χ0) is 30.5. The highest BCUT2D eigenvalue weighted by Crippen LogP contribution is 2.36. The van der Waals surface area contributed by atoms with Crippen molar-refractivity contribution >= 4 is 32.9 Å². The van der Waals surface area contributed by atoms with Gasteiger partial charge in [-0.05, 0) is 94.0 Å². The molecule has 0 spiro atoms. The molecule has 3 aromatic heterocycles. The number of nitrogens with zero attached hydrogens (tertiary/aromatic N) is 3. The summed E-state index contributed by atoms with van der Waals surface area (Å²) in [5.74, 6) is 0.618. The zero-order valence-electron chi connectivity index (χ0n) is 24.8. The predicted molar refractivity (Wildman–Crippen MR) is 188 cm³/mol. The highest BCUT2D eigenvalue weighted by molar-refractivity contribution is 6.10. The minimum absolute atomic E-state index is 0.618. The first kappa shape index (κ1) is 26.2. The Hall–Kier alpha value is -6.26. The second-order valence-electron chi connectivity index (χ2n) is 11.5. The first-order valence-electron chi connectivity index (χ1n) is 15.4. The van der Waals surface area contributed by atoms with E-state index in [-0.39, 0.29) is 0 Å². The van der Waals surface area contributed by atoms with Crippen LogP contribution in [0.4, 0.5) is 0 Å². The van der Waals surface area contributed by atoms with Crippen molar-refractivity contribution in [3.63, 3.8) is 0 Å². The van der Waals surface area contributed by atoms with Crippen molar-refractivity contribution in [2.75, 3.05) is 0 Å². The van der Waals surface area contributed by atoms with Gasteiger partial charge in [0.2, 0.25) is 5.89 Å². The van der Waals surface area contributed by atoms with E-state index in [9.17, 15) is 0 Å². The predicted octanol–water partition coefficient (Wildman–Crippen LogP) is 11.0. The molecule has 0 saturated heterocycles. The Bertz CT molecular complexity index is 2490. The Kier molecular flexibility index (Phi) is 6.10. The van der Waals surface area contributed by atoms with E-state index in [1.807, 2.05) is 18.3 Å². The minimum atomic E-state index is 0.618. The summed E-state index contributed by atoms with van der Waals surface area (Å²) < 4.78 is 8.66. The van der Waals surface area contributed by atoms with Crippen LogP contribution < -0.4 is 0 Å². The van der Waals surface area contributed by atoms with Crippen LogP contribution in [-0.2, 0) is 0 Å². The van der Waals surface area contributed by atoms with Gasteiger partial charge in [0.1, 0.15) is 5.52 Å². The van der Waals surface area contributed by atoms with Gasteiger partial charge >= 0.3 is 0 Å². The average molecular weight is 590 g/mol. The lowest BCUT2D eigenvalue weighted by molar-refractivity contribution is 0.620. The Morgan fingerprint density at radius 2 is 1.09 bits per heavy atom. The molecule has 0 radical (unpaired) electrons. The van der Waals surface area contributed by atoms with Gasteiger partial charge in [-0.1, -0.05) is 91.0 Å². The van der Waals surface area contributed by atoms with Crippen molar-refractivity contribution in [1.82, 2.24) is 14.5 Å². The molecule has 9 rings (SSSR count). The molecular formula is C42H27N3O. The van der Waals surface area contributed by atoms with Gasteiger partial charge in [-0.2, -0.15) is 0 Å². The molecular weight excluding hydrogens is 562 g/mol. The van der Waals surface area contributed by atoms with Crippen LogP contribution in [0.2, 0.25) is 0 Å². The summed E-state index contributed by atoms with van der Waals surface area (Å²) in [7, 11) is 0. The van der Waals surface area contributed by atoms with E-state index in [2.05, 4.69) is 149 Å². The van der Waals surface area contributed by atoms with Gasteiger partial charge in [-0.3, -0.25) is 4.98 Å². The molecule has 6 aromatic carbocycles. The zero-order valence-corrected chi connectivity index (χ0v) is 24.8. The summed E-state index contributed by atoms with van der Waals surface area (Å²) in [4.78, 5) is 9.05. The molecule has 0 atom stereocenters. The Balaban J connectivity index is 1.03. The lowest BCUT2D eigenvalue weighted by Crippen LogP contribution is -1.92. The molecule has 0 N–H and O–H groups in total. The van der Waals surface area contributed by atoms with Crippen molar-refractivity contribution in [3.05, 3.63) is 164 Å². The van der Waals surface area contributed by atoms with E-state index in [1.165, 1.54) is 21.8 Å². The van der Waals surface area contributed by atoms with Gasteiger partial charge in [0.25, 0.3) is 0 Å². The van der Waals surface area contributed by atoms with Crippen LogP contribution in [0.25, 0.3) is 83.4 Å². The van der Waals surface area contributed by atoms with Crippen LogP contribution in [0.1, 0.15) is 0 Å².